The van der Waals surface area contributed by atoms with Crippen LogP contribution < -0.4 is 0 Å². The summed E-state index contributed by atoms with van der Waals surface area (Å²) in [4.78, 5) is 2.69. The Balaban J connectivity index is 1.90. The summed E-state index contributed by atoms with van der Waals surface area (Å²) in [6.07, 6.45) is 4.48. The first-order chi connectivity index (χ1) is 5.64. The third kappa shape index (κ3) is 0.693. The van der Waals surface area contributed by atoms with Gasteiger partial charge in [-0.05, 0) is 49.1 Å². The van der Waals surface area contributed by atoms with Crippen molar-refractivity contribution >= 4 is 0 Å². The molecule has 3 heterocycles. The summed E-state index contributed by atoms with van der Waals surface area (Å²) in [6, 6.07) is 0. The van der Waals surface area contributed by atoms with Crippen molar-refractivity contribution in [3.63, 3.8) is 0 Å². The van der Waals surface area contributed by atoms with Gasteiger partial charge in [0.05, 0.1) is 0 Å². The Labute approximate surface area is 75.1 Å². The van der Waals surface area contributed by atoms with E-state index in [-0.39, 0.29) is 0 Å². The van der Waals surface area contributed by atoms with Crippen LogP contribution >= 0.6 is 0 Å². The lowest BCUT2D eigenvalue weighted by Crippen LogP contribution is -2.50. The molecule has 0 radical (unpaired) electrons. The van der Waals surface area contributed by atoms with Gasteiger partial charge in [-0.15, -0.1) is 0 Å². The maximum atomic E-state index is 2.69. The minimum absolute atomic E-state index is 0.677. The Morgan fingerprint density at radius 3 is 2.00 bits per heavy atom. The summed E-state index contributed by atoms with van der Waals surface area (Å²) in [5.41, 5.74) is 1.44. The van der Waals surface area contributed by atoms with E-state index in [4.69, 9.17) is 0 Å². The van der Waals surface area contributed by atoms with E-state index in [0.29, 0.717) is 5.41 Å². The molecule has 0 aromatic heterocycles. The molecule has 0 N–H and O–H groups in total. The van der Waals surface area contributed by atoms with E-state index in [1.807, 2.05) is 0 Å². The van der Waals surface area contributed by atoms with Gasteiger partial charge in [-0.2, -0.15) is 0 Å². The highest BCUT2D eigenvalue weighted by molar-refractivity contribution is 5.17. The van der Waals surface area contributed by atoms with E-state index in [1.165, 1.54) is 38.9 Å². The van der Waals surface area contributed by atoms with Crippen LogP contribution in [0.3, 0.4) is 0 Å². The fourth-order valence-corrected chi connectivity index (χ4v) is 3.88. The van der Waals surface area contributed by atoms with E-state index < -0.39 is 0 Å². The zero-order valence-corrected chi connectivity index (χ0v) is 8.27. The lowest BCUT2D eigenvalue weighted by atomic mass is 9.72. The standard InChI is InChI=1S/C11H19N/c1-10(2)7-11(10)8-12-5-3-9(11)4-6-12/h9H,3-8H2,1-2H3/t11-/m1/s1. The molecule has 3 aliphatic heterocycles. The summed E-state index contributed by atoms with van der Waals surface area (Å²) in [6.45, 7) is 9.14. The smallest absolute Gasteiger partial charge is 0.00460 e. The predicted molar refractivity (Wildman–Crippen MR) is 50.0 cm³/mol. The second-order valence-electron chi connectivity index (χ2n) is 5.77. The summed E-state index contributed by atoms with van der Waals surface area (Å²) >= 11 is 0. The Morgan fingerprint density at radius 1 is 1.17 bits per heavy atom. The van der Waals surface area contributed by atoms with Gasteiger partial charge >= 0.3 is 0 Å². The molecule has 1 aliphatic carbocycles. The molecule has 4 fully saturated rings. The first-order valence-corrected chi connectivity index (χ1v) is 5.36. The van der Waals surface area contributed by atoms with Gasteiger partial charge in [-0.25, -0.2) is 0 Å². The zero-order chi connectivity index (χ0) is 8.40. The molecule has 1 nitrogen and oxygen atoms in total. The number of piperidine rings is 3. The molecule has 1 saturated carbocycles. The first kappa shape index (κ1) is 7.37. The molecule has 0 aromatic rings. The summed E-state index contributed by atoms with van der Waals surface area (Å²) in [5, 5.41) is 0. The molecule has 2 bridgehead atoms. The number of hydrogen-bond acceptors (Lipinski definition) is 1. The Kier molecular flexibility index (Phi) is 1.16. The Hall–Kier alpha value is -0.0400. The second-order valence-corrected chi connectivity index (χ2v) is 5.77. The minimum atomic E-state index is 0.677. The third-order valence-corrected chi connectivity index (χ3v) is 4.86. The molecule has 0 amide bonds. The highest BCUT2D eigenvalue weighted by Gasteiger charge is 2.67. The van der Waals surface area contributed by atoms with Crippen LogP contribution in [0.1, 0.15) is 33.1 Å². The largest absolute Gasteiger partial charge is 0.303 e. The van der Waals surface area contributed by atoms with Crippen LogP contribution in [-0.2, 0) is 0 Å². The molecule has 12 heavy (non-hydrogen) atoms. The van der Waals surface area contributed by atoms with Gasteiger partial charge in [0, 0.05) is 6.54 Å². The van der Waals surface area contributed by atoms with Crippen LogP contribution in [0.4, 0.5) is 0 Å². The fourth-order valence-electron chi connectivity index (χ4n) is 3.88. The van der Waals surface area contributed by atoms with Crippen molar-refractivity contribution in [3.05, 3.63) is 0 Å². The topological polar surface area (TPSA) is 3.24 Å². The average Bonchev–Trinajstić information content (AvgIpc) is 2.54. The van der Waals surface area contributed by atoms with E-state index in [0.717, 1.165) is 11.3 Å². The van der Waals surface area contributed by atoms with Crippen molar-refractivity contribution in [2.75, 3.05) is 19.6 Å². The van der Waals surface area contributed by atoms with Gasteiger partial charge < -0.3 is 4.90 Å². The molecule has 0 aromatic carbocycles. The van der Waals surface area contributed by atoms with Crippen molar-refractivity contribution in [1.29, 1.82) is 0 Å². The van der Waals surface area contributed by atoms with Gasteiger partial charge in [0.2, 0.25) is 0 Å². The van der Waals surface area contributed by atoms with Gasteiger partial charge in [-0.1, -0.05) is 13.8 Å². The van der Waals surface area contributed by atoms with Crippen molar-refractivity contribution in [1.82, 2.24) is 4.90 Å². The maximum Gasteiger partial charge on any atom is 0.00460 e. The highest BCUT2D eigenvalue weighted by atomic mass is 15.2. The number of hydrogen-bond donors (Lipinski definition) is 0. The first-order valence-electron chi connectivity index (χ1n) is 5.36. The van der Waals surface area contributed by atoms with E-state index in [1.54, 1.807) is 0 Å². The molecule has 1 heteroatoms. The molecule has 68 valence electrons. The normalized spacial score (nSPS) is 54.5. The molecule has 1 atom stereocenters. The molecule has 4 rings (SSSR count). The molecule has 1 spiro atoms. The number of nitrogens with zero attached hydrogens (tertiary/aromatic N) is 1. The lowest BCUT2D eigenvalue weighted by molar-refractivity contribution is 0.0151. The van der Waals surface area contributed by atoms with Gasteiger partial charge in [0.1, 0.15) is 0 Å². The van der Waals surface area contributed by atoms with Crippen LogP contribution in [0.2, 0.25) is 0 Å². The van der Waals surface area contributed by atoms with Crippen molar-refractivity contribution in [3.8, 4) is 0 Å². The monoisotopic (exact) mass is 165 g/mol. The van der Waals surface area contributed by atoms with Crippen molar-refractivity contribution in [2.24, 2.45) is 16.7 Å². The summed E-state index contributed by atoms with van der Waals surface area (Å²) in [7, 11) is 0. The van der Waals surface area contributed by atoms with Gasteiger partial charge in [0.25, 0.3) is 0 Å². The van der Waals surface area contributed by atoms with Crippen molar-refractivity contribution < 1.29 is 0 Å². The van der Waals surface area contributed by atoms with E-state index >= 15 is 0 Å². The van der Waals surface area contributed by atoms with Crippen LogP contribution in [-0.4, -0.2) is 24.5 Å². The summed E-state index contributed by atoms with van der Waals surface area (Å²) in [5.74, 6) is 1.08. The Bertz CT molecular complexity index is 213. The number of rotatable bonds is 0. The fraction of sp³-hybridized carbons (Fsp3) is 1.00. The number of fused-ring (bicyclic) bond motifs is 2. The third-order valence-electron chi connectivity index (χ3n) is 4.86. The molecule has 0 unspecified atom stereocenters. The van der Waals surface area contributed by atoms with Gasteiger partial charge in [0.15, 0.2) is 0 Å². The quantitative estimate of drug-likeness (QED) is 0.531. The van der Waals surface area contributed by atoms with E-state index in [9.17, 15) is 0 Å². The molecule has 4 aliphatic rings. The molecule has 3 saturated heterocycles. The SMILES string of the molecule is CC1(C)C[C@]12CN1CCC2CC1. The Morgan fingerprint density at radius 2 is 1.75 bits per heavy atom. The van der Waals surface area contributed by atoms with Gasteiger partial charge in [-0.3, -0.25) is 0 Å². The average molecular weight is 165 g/mol. The van der Waals surface area contributed by atoms with Crippen molar-refractivity contribution in [2.45, 2.75) is 33.1 Å². The maximum absolute atomic E-state index is 2.69. The van der Waals surface area contributed by atoms with Crippen LogP contribution in [0.5, 0.6) is 0 Å². The summed E-state index contributed by atoms with van der Waals surface area (Å²) < 4.78 is 0. The lowest BCUT2D eigenvalue weighted by Gasteiger charge is -2.47. The second kappa shape index (κ2) is 1.89. The van der Waals surface area contributed by atoms with E-state index in [2.05, 4.69) is 18.7 Å². The van der Waals surface area contributed by atoms with Crippen LogP contribution in [0, 0.1) is 16.7 Å². The predicted octanol–water partition coefficient (Wildman–Crippen LogP) is 2.13. The van der Waals surface area contributed by atoms with Crippen LogP contribution in [0.15, 0.2) is 0 Å². The minimum Gasteiger partial charge on any atom is -0.303 e. The molecular weight excluding hydrogens is 146 g/mol. The highest BCUT2D eigenvalue weighted by Crippen LogP contribution is 2.71. The zero-order valence-electron chi connectivity index (χ0n) is 8.27. The molecular formula is C11H19N. The van der Waals surface area contributed by atoms with Crippen LogP contribution in [0.25, 0.3) is 0 Å².